The lowest BCUT2D eigenvalue weighted by Crippen LogP contribution is -2.45. The molecule has 1 unspecified atom stereocenters. The fraction of sp³-hybridized carbons (Fsp3) is 0.257. The van der Waals surface area contributed by atoms with E-state index in [1.807, 2.05) is 42.5 Å². The Morgan fingerprint density at radius 3 is 1.71 bits per heavy atom. The molecule has 1 heterocycles. The van der Waals surface area contributed by atoms with Gasteiger partial charge in [0.25, 0.3) is 0 Å². The summed E-state index contributed by atoms with van der Waals surface area (Å²) in [6.07, 6.45) is 4.82. The normalized spacial score (nSPS) is 19.6. The maximum Gasteiger partial charge on any atom is 0.160 e. The molecule has 0 aliphatic carbocycles. The van der Waals surface area contributed by atoms with Gasteiger partial charge in [0, 0.05) is 6.42 Å². The second-order valence-corrected chi connectivity index (χ2v) is 9.78. The zero-order valence-electron chi connectivity index (χ0n) is 21.8. The minimum Gasteiger partial charge on any atom is -0.371 e. The summed E-state index contributed by atoms with van der Waals surface area (Å²) in [5, 5.41) is 0. The smallest absolute Gasteiger partial charge is 0.160 e. The summed E-state index contributed by atoms with van der Waals surface area (Å²) in [5.74, 6) is 0. The molecule has 5 rings (SSSR count). The summed E-state index contributed by atoms with van der Waals surface area (Å²) in [5.41, 5.74) is 3.59. The van der Waals surface area contributed by atoms with Crippen LogP contribution >= 0.6 is 0 Å². The highest BCUT2D eigenvalue weighted by atomic mass is 16.7. The quantitative estimate of drug-likeness (QED) is 0.153. The van der Waals surface area contributed by atoms with Crippen LogP contribution in [0.1, 0.15) is 47.9 Å². The van der Waals surface area contributed by atoms with E-state index in [9.17, 15) is 0 Å². The van der Waals surface area contributed by atoms with E-state index in [1.54, 1.807) is 0 Å². The van der Waals surface area contributed by atoms with E-state index < -0.39 is 5.60 Å². The Bertz CT molecular complexity index is 1140. The van der Waals surface area contributed by atoms with E-state index in [2.05, 4.69) is 91.5 Å². The summed E-state index contributed by atoms with van der Waals surface area (Å²) in [6, 6.07) is 41.7. The first-order valence-corrected chi connectivity index (χ1v) is 13.6. The van der Waals surface area contributed by atoms with E-state index in [1.165, 1.54) is 5.56 Å². The Morgan fingerprint density at radius 1 is 0.711 bits per heavy atom. The number of benzene rings is 4. The number of hydrogen-bond acceptors (Lipinski definition) is 3. The summed E-state index contributed by atoms with van der Waals surface area (Å²) in [4.78, 5) is 0. The predicted molar refractivity (Wildman–Crippen MR) is 153 cm³/mol. The fourth-order valence-corrected chi connectivity index (χ4v) is 5.35. The third-order valence-electron chi connectivity index (χ3n) is 7.24. The van der Waals surface area contributed by atoms with Crippen LogP contribution in [0, 0.1) is 0 Å². The summed E-state index contributed by atoms with van der Waals surface area (Å²) < 4.78 is 20.3. The second kappa shape index (κ2) is 12.8. The summed E-state index contributed by atoms with van der Waals surface area (Å²) in [7, 11) is 0. The molecule has 0 saturated carbocycles. The van der Waals surface area contributed by atoms with Crippen LogP contribution in [0.3, 0.4) is 0 Å². The summed E-state index contributed by atoms with van der Waals surface area (Å²) >= 11 is 0. The Labute approximate surface area is 226 Å². The van der Waals surface area contributed by atoms with Crippen molar-refractivity contribution in [3.05, 3.63) is 156 Å². The van der Waals surface area contributed by atoms with Gasteiger partial charge < -0.3 is 14.2 Å². The van der Waals surface area contributed by atoms with Crippen LogP contribution in [0.2, 0.25) is 0 Å². The van der Waals surface area contributed by atoms with Crippen LogP contribution in [0.5, 0.6) is 0 Å². The van der Waals surface area contributed by atoms with E-state index in [4.69, 9.17) is 14.2 Å². The van der Waals surface area contributed by atoms with Gasteiger partial charge in [-0.2, -0.15) is 0 Å². The number of rotatable bonds is 11. The van der Waals surface area contributed by atoms with Crippen molar-refractivity contribution in [1.29, 1.82) is 0 Å². The monoisotopic (exact) mass is 504 g/mol. The largest absolute Gasteiger partial charge is 0.371 e. The van der Waals surface area contributed by atoms with Gasteiger partial charge in [0.05, 0.1) is 18.8 Å². The molecule has 1 aliphatic rings. The molecule has 3 nitrogen and oxygen atoms in total. The fourth-order valence-electron chi connectivity index (χ4n) is 5.35. The van der Waals surface area contributed by atoms with Crippen molar-refractivity contribution in [2.24, 2.45) is 0 Å². The molecule has 0 spiro atoms. The van der Waals surface area contributed by atoms with E-state index in [-0.39, 0.29) is 18.5 Å². The van der Waals surface area contributed by atoms with Crippen molar-refractivity contribution in [1.82, 2.24) is 0 Å². The average molecular weight is 505 g/mol. The molecule has 0 bridgehead atoms. The van der Waals surface area contributed by atoms with E-state index in [0.29, 0.717) is 6.61 Å². The number of hydrogen-bond donors (Lipinski definition) is 0. The maximum atomic E-state index is 7.15. The zero-order valence-corrected chi connectivity index (χ0v) is 21.8. The van der Waals surface area contributed by atoms with Crippen molar-refractivity contribution in [2.75, 3.05) is 0 Å². The zero-order chi connectivity index (χ0) is 26.0. The predicted octanol–water partition coefficient (Wildman–Crippen LogP) is 8.05. The van der Waals surface area contributed by atoms with Gasteiger partial charge in [-0.15, -0.1) is 6.58 Å². The minimum atomic E-state index is -0.810. The van der Waals surface area contributed by atoms with Gasteiger partial charge in [0.2, 0.25) is 0 Å². The van der Waals surface area contributed by atoms with Crippen molar-refractivity contribution in [3.63, 3.8) is 0 Å². The summed E-state index contributed by atoms with van der Waals surface area (Å²) in [6.45, 7) is 4.51. The molecule has 0 radical (unpaired) electrons. The molecule has 194 valence electrons. The van der Waals surface area contributed by atoms with Crippen molar-refractivity contribution < 1.29 is 14.2 Å². The first-order chi connectivity index (χ1) is 18.8. The lowest BCUT2D eigenvalue weighted by atomic mass is 9.80. The lowest BCUT2D eigenvalue weighted by molar-refractivity contribution is -0.259. The molecule has 4 aromatic carbocycles. The molecule has 4 aromatic rings. The maximum absolute atomic E-state index is 7.15. The molecule has 0 aromatic heterocycles. The highest BCUT2D eigenvalue weighted by Crippen LogP contribution is 2.43. The standard InChI is InChI=1S/C35H36O3/c1-2-3-24-33-32(36-27-28-16-8-4-9-17-28)25-26-34(37-33)38-35(29-18-10-5-11-19-29,30-20-12-6-13-21-30)31-22-14-7-15-23-31/h2,4-23,32-34H,1,3,24-27H2/t32-,33-,34?/m1/s1. The van der Waals surface area contributed by atoms with Crippen LogP contribution in [-0.4, -0.2) is 18.5 Å². The molecular formula is C35H36O3. The van der Waals surface area contributed by atoms with Crippen molar-refractivity contribution in [3.8, 4) is 0 Å². The topological polar surface area (TPSA) is 27.7 Å². The lowest BCUT2D eigenvalue weighted by Gasteiger charge is -2.43. The molecule has 3 atom stereocenters. The SMILES string of the molecule is C=CCC[C@H]1OC(OC(c2ccccc2)(c2ccccc2)c2ccccc2)CC[C@H]1OCc1ccccc1. The third kappa shape index (κ3) is 5.97. The Balaban J connectivity index is 1.45. The van der Waals surface area contributed by atoms with E-state index >= 15 is 0 Å². The van der Waals surface area contributed by atoms with Crippen LogP contribution in [-0.2, 0) is 26.4 Å². The minimum absolute atomic E-state index is 0.00887. The Morgan fingerprint density at radius 2 is 1.21 bits per heavy atom. The number of allylic oxidation sites excluding steroid dienone is 1. The highest BCUT2D eigenvalue weighted by molar-refractivity contribution is 5.47. The van der Waals surface area contributed by atoms with Gasteiger partial charge in [-0.25, -0.2) is 0 Å². The van der Waals surface area contributed by atoms with Crippen LogP contribution < -0.4 is 0 Å². The highest BCUT2D eigenvalue weighted by Gasteiger charge is 2.42. The number of ether oxygens (including phenoxy) is 3. The van der Waals surface area contributed by atoms with Crippen LogP contribution in [0.15, 0.2) is 134 Å². The first kappa shape index (κ1) is 26.1. The second-order valence-electron chi connectivity index (χ2n) is 9.78. The molecule has 0 amide bonds. The van der Waals surface area contributed by atoms with Gasteiger partial charge in [0.15, 0.2) is 6.29 Å². The van der Waals surface area contributed by atoms with Gasteiger partial charge in [0.1, 0.15) is 5.60 Å². The molecule has 1 fully saturated rings. The molecule has 0 N–H and O–H groups in total. The Hall–Kier alpha value is -3.50. The van der Waals surface area contributed by atoms with Gasteiger partial charge in [-0.1, -0.05) is 127 Å². The van der Waals surface area contributed by atoms with Crippen LogP contribution in [0.4, 0.5) is 0 Å². The van der Waals surface area contributed by atoms with Crippen LogP contribution in [0.25, 0.3) is 0 Å². The van der Waals surface area contributed by atoms with Gasteiger partial charge in [-0.05, 0) is 41.5 Å². The van der Waals surface area contributed by atoms with Gasteiger partial charge in [-0.3, -0.25) is 0 Å². The molecule has 1 aliphatic heterocycles. The molecular weight excluding hydrogens is 468 g/mol. The molecule has 38 heavy (non-hydrogen) atoms. The van der Waals surface area contributed by atoms with Gasteiger partial charge >= 0.3 is 0 Å². The Kier molecular flexibility index (Phi) is 8.82. The van der Waals surface area contributed by atoms with E-state index in [0.717, 1.165) is 42.4 Å². The third-order valence-corrected chi connectivity index (χ3v) is 7.24. The van der Waals surface area contributed by atoms with Crippen molar-refractivity contribution >= 4 is 0 Å². The molecule has 3 heteroatoms. The first-order valence-electron chi connectivity index (χ1n) is 13.6. The average Bonchev–Trinajstić information content (AvgIpc) is 3.00. The molecule has 1 saturated heterocycles. The van der Waals surface area contributed by atoms with Crippen molar-refractivity contribution in [2.45, 2.75) is 56.4 Å².